The van der Waals surface area contributed by atoms with E-state index < -0.39 is 33.7 Å². The van der Waals surface area contributed by atoms with Crippen LogP contribution in [-0.4, -0.2) is 20.6 Å². The van der Waals surface area contributed by atoms with Gasteiger partial charge in [-0.15, -0.1) is 0 Å². The largest absolute Gasteiger partial charge is 0.319 e. The van der Waals surface area contributed by atoms with E-state index in [2.05, 4.69) is 10.4 Å². The first kappa shape index (κ1) is 14.6. The van der Waals surface area contributed by atoms with Gasteiger partial charge in [-0.05, 0) is 13.0 Å². The Labute approximate surface area is 117 Å². The number of aryl methyl sites for hydroxylation is 1. The second-order valence-electron chi connectivity index (χ2n) is 4.08. The van der Waals surface area contributed by atoms with Crippen LogP contribution in [0.1, 0.15) is 17.3 Å². The minimum atomic E-state index is -1.28. The maximum absolute atomic E-state index is 13.7. The van der Waals surface area contributed by atoms with Crippen molar-refractivity contribution in [2.75, 3.05) is 5.32 Å². The van der Waals surface area contributed by atoms with Crippen molar-refractivity contribution in [3.63, 3.8) is 0 Å². The molecular weight excluding hydrogens is 286 g/mol. The summed E-state index contributed by atoms with van der Waals surface area (Å²) in [6.07, 6.45) is 2.86. The molecule has 0 saturated carbocycles. The molecule has 0 aliphatic rings. The number of carbonyl (C=O) groups is 1. The van der Waals surface area contributed by atoms with Gasteiger partial charge in [-0.3, -0.25) is 19.6 Å². The fourth-order valence-electron chi connectivity index (χ4n) is 1.65. The Morgan fingerprint density at radius 3 is 2.71 bits per heavy atom. The molecule has 1 heterocycles. The summed E-state index contributed by atoms with van der Waals surface area (Å²) in [5.41, 5.74) is -1.34. The highest BCUT2D eigenvalue weighted by atomic mass is 19.1. The summed E-state index contributed by atoms with van der Waals surface area (Å²) in [5, 5.41) is 16.7. The van der Waals surface area contributed by atoms with Crippen LogP contribution in [-0.2, 0) is 6.54 Å². The summed E-state index contributed by atoms with van der Waals surface area (Å²) in [6, 6.07) is 0.868. The van der Waals surface area contributed by atoms with Crippen molar-refractivity contribution in [1.29, 1.82) is 0 Å². The average molecular weight is 296 g/mol. The van der Waals surface area contributed by atoms with Crippen LogP contribution >= 0.6 is 0 Å². The highest BCUT2D eigenvalue weighted by Crippen LogP contribution is 2.22. The summed E-state index contributed by atoms with van der Waals surface area (Å²) in [6.45, 7) is 2.42. The molecule has 1 aromatic carbocycles. The van der Waals surface area contributed by atoms with Crippen LogP contribution in [0.3, 0.4) is 0 Å². The number of carbonyl (C=O) groups excluding carboxylic acids is 1. The molecule has 7 nitrogen and oxygen atoms in total. The molecule has 0 radical (unpaired) electrons. The quantitative estimate of drug-likeness (QED) is 0.692. The van der Waals surface area contributed by atoms with Crippen LogP contribution in [0, 0.1) is 21.7 Å². The van der Waals surface area contributed by atoms with E-state index in [0.29, 0.717) is 24.4 Å². The molecule has 0 saturated heterocycles. The number of amides is 1. The van der Waals surface area contributed by atoms with Gasteiger partial charge in [-0.25, -0.2) is 4.39 Å². The zero-order valence-electron chi connectivity index (χ0n) is 10.8. The van der Waals surface area contributed by atoms with E-state index in [4.69, 9.17) is 0 Å². The van der Waals surface area contributed by atoms with Gasteiger partial charge in [0.1, 0.15) is 5.82 Å². The third-order valence-electron chi connectivity index (χ3n) is 2.69. The van der Waals surface area contributed by atoms with E-state index in [0.717, 1.165) is 0 Å². The number of benzene rings is 1. The number of aromatic nitrogens is 2. The molecule has 0 spiro atoms. The third kappa shape index (κ3) is 3.02. The van der Waals surface area contributed by atoms with Crippen molar-refractivity contribution in [2.24, 2.45) is 0 Å². The Morgan fingerprint density at radius 2 is 2.14 bits per heavy atom. The highest BCUT2D eigenvalue weighted by molar-refractivity contribution is 6.04. The number of anilines is 1. The third-order valence-corrected chi connectivity index (χ3v) is 2.69. The van der Waals surface area contributed by atoms with E-state index in [1.54, 1.807) is 0 Å². The predicted octanol–water partition coefficient (Wildman–Crippen LogP) is 2.34. The summed E-state index contributed by atoms with van der Waals surface area (Å²) in [5.74, 6) is -3.38. The van der Waals surface area contributed by atoms with E-state index in [1.165, 1.54) is 17.1 Å². The molecule has 2 rings (SSSR count). The van der Waals surface area contributed by atoms with E-state index in [9.17, 15) is 23.7 Å². The van der Waals surface area contributed by atoms with Crippen molar-refractivity contribution >= 4 is 17.3 Å². The van der Waals surface area contributed by atoms with Crippen LogP contribution in [0.15, 0.2) is 24.5 Å². The van der Waals surface area contributed by atoms with Gasteiger partial charge < -0.3 is 5.32 Å². The first-order valence-electron chi connectivity index (χ1n) is 5.89. The van der Waals surface area contributed by atoms with Crippen LogP contribution in [0.5, 0.6) is 0 Å². The van der Waals surface area contributed by atoms with Gasteiger partial charge in [0.15, 0.2) is 0 Å². The van der Waals surface area contributed by atoms with Gasteiger partial charge in [0.05, 0.1) is 28.4 Å². The molecule has 0 unspecified atom stereocenters. The fourth-order valence-corrected chi connectivity index (χ4v) is 1.65. The minimum Gasteiger partial charge on any atom is -0.319 e. The molecule has 0 bridgehead atoms. The molecule has 110 valence electrons. The first-order chi connectivity index (χ1) is 9.92. The summed E-state index contributed by atoms with van der Waals surface area (Å²) in [7, 11) is 0. The Hall–Kier alpha value is -2.84. The molecular formula is C12H10F2N4O3. The van der Waals surface area contributed by atoms with Crippen molar-refractivity contribution in [3.8, 4) is 0 Å². The van der Waals surface area contributed by atoms with Gasteiger partial charge in [-0.1, -0.05) is 0 Å². The monoisotopic (exact) mass is 296 g/mol. The molecule has 0 aliphatic heterocycles. The number of rotatable bonds is 4. The molecule has 21 heavy (non-hydrogen) atoms. The normalized spacial score (nSPS) is 10.4. The molecule has 1 amide bonds. The second-order valence-corrected chi connectivity index (χ2v) is 4.08. The Balaban J connectivity index is 2.27. The van der Waals surface area contributed by atoms with Crippen molar-refractivity contribution in [3.05, 3.63) is 51.8 Å². The highest BCUT2D eigenvalue weighted by Gasteiger charge is 2.22. The molecule has 1 N–H and O–H groups in total. The number of hydrogen-bond donors (Lipinski definition) is 1. The molecule has 0 atom stereocenters. The average Bonchev–Trinajstić information content (AvgIpc) is 2.88. The standard InChI is InChI=1S/C12H10F2N4O3/c1-2-17-6-7(5-15-17)16-12(19)8-3-10(14)11(18(20)21)4-9(8)13/h3-6H,2H2,1H3,(H,16,19). The van der Waals surface area contributed by atoms with Crippen LogP contribution in [0.2, 0.25) is 0 Å². The van der Waals surface area contributed by atoms with Gasteiger partial charge in [0, 0.05) is 12.7 Å². The lowest BCUT2D eigenvalue weighted by Gasteiger charge is -2.04. The summed E-state index contributed by atoms with van der Waals surface area (Å²) in [4.78, 5) is 21.2. The van der Waals surface area contributed by atoms with E-state index in [1.807, 2.05) is 6.92 Å². The summed E-state index contributed by atoms with van der Waals surface area (Å²) < 4.78 is 28.6. The van der Waals surface area contributed by atoms with Gasteiger partial charge >= 0.3 is 5.69 Å². The lowest BCUT2D eigenvalue weighted by atomic mass is 10.1. The summed E-state index contributed by atoms with van der Waals surface area (Å²) >= 11 is 0. The predicted molar refractivity (Wildman–Crippen MR) is 68.9 cm³/mol. The van der Waals surface area contributed by atoms with Crippen LogP contribution in [0.4, 0.5) is 20.2 Å². The van der Waals surface area contributed by atoms with E-state index in [-0.39, 0.29) is 0 Å². The van der Waals surface area contributed by atoms with Crippen LogP contribution < -0.4 is 5.32 Å². The van der Waals surface area contributed by atoms with Crippen LogP contribution in [0.25, 0.3) is 0 Å². The molecule has 9 heteroatoms. The lowest BCUT2D eigenvalue weighted by Crippen LogP contribution is -2.14. The van der Waals surface area contributed by atoms with Crippen molar-refractivity contribution in [2.45, 2.75) is 13.5 Å². The Morgan fingerprint density at radius 1 is 1.43 bits per heavy atom. The zero-order valence-corrected chi connectivity index (χ0v) is 10.8. The number of hydrogen-bond acceptors (Lipinski definition) is 4. The van der Waals surface area contributed by atoms with E-state index >= 15 is 0 Å². The van der Waals surface area contributed by atoms with Crippen molar-refractivity contribution in [1.82, 2.24) is 9.78 Å². The second kappa shape index (κ2) is 5.65. The maximum Gasteiger partial charge on any atom is 0.307 e. The maximum atomic E-state index is 13.7. The van der Waals surface area contributed by atoms with Gasteiger partial charge in [-0.2, -0.15) is 9.49 Å². The van der Waals surface area contributed by atoms with Crippen molar-refractivity contribution < 1.29 is 18.5 Å². The molecule has 1 aromatic heterocycles. The SMILES string of the molecule is CCn1cc(NC(=O)c2cc(F)c([N+](=O)[O-])cc2F)cn1. The smallest absolute Gasteiger partial charge is 0.307 e. The Bertz CT molecular complexity index is 715. The lowest BCUT2D eigenvalue weighted by molar-refractivity contribution is -0.387. The fraction of sp³-hybridized carbons (Fsp3) is 0.167. The molecule has 0 fully saturated rings. The molecule has 0 aliphatic carbocycles. The molecule has 2 aromatic rings. The van der Waals surface area contributed by atoms with Gasteiger partial charge in [0.2, 0.25) is 5.82 Å². The number of halogens is 2. The minimum absolute atomic E-state index is 0.306. The Kier molecular flexibility index (Phi) is 3.92. The number of nitro benzene ring substituents is 1. The number of nitrogens with zero attached hydrogens (tertiary/aromatic N) is 3. The number of nitro groups is 1. The number of nitrogens with one attached hydrogen (secondary N) is 1. The van der Waals surface area contributed by atoms with Gasteiger partial charge in [0.25, 0.3) is 5.91 Å². The zero-order chi connectivity index (χ0) is 15.6. The topological polar surface area (TPSA) is 90.1 Å². The first-order valence-corrected chi connectivity index (χ1v) is 5.89.